The molecule has 0 spiro atoms. The molecule has 0 bridgehead atoms. The van der Waals surface area contributed by atoms with E-state index in [-0.39, 0.29) is 29.3 Å². The molecule has 0 saturated heterocycles. The van der Waals surface area contributed by atoms with E-state index >= 15 is 0 Å². The van der Waals surface area contributed by atoms with E-state index in [4.69, 9.17) is 4.74 Å². The van der Waals surface area contributed by atoms with E-state index in [1.807, 2.05) is 31.2 Å². The number of ether oxygens (including phenoxy) is 1. The van der Waals surface area contributed by atoms with E-state index in [1.165, 1.54) is 6.08 Å². The number of aromatic nitrogens is 1. The molecule has 0 atom stereocenters. The zero-order valence-electron chi connectivity index (χ0n) is 18.6. The average molecular weight is 433 g/mol. The molecule has 0 aliphatic rings. The van der Waals surface area contributed by atoms with Crippen molar-refractivity contribution in [1.82, 2.24) is 10.3 Å². The second-order valence-corrected chi connectivity index (χ2v) is 6.77. The maximum Gasteiger partial charge on any atom is 0.270 e. The van der Waals surface area contributed by atoms with Gasteiger partial charge in [-0.25, -0.2) is 4.98 Å². The molecule has 0 aliphatic heterocycles. The van der Waals surface area contributed by atoms with Crippen molar-refractivity contribution >= 4 is 18.5 Å². The Morgan fingerprint density at radius 1 is 1.09 bits per heavy atom. The number of nitrogens with one attached hydrogen (secondary N) is 1. The summed E-state index contributed by atoms with van der Waals surface area (Å²) in [4.78, 5) is 39.6. The number of carbonyl (C=O) groups excluding carboxylic acids is 3. The maximum absolute atomic E-state index is 12.6. The largest absolute Gasteiger partial charge is 0.494 e. The van der Waals surface area contributed by atoms with Crippen molar-refractivity contribution < 1.29 is 19.1 Å². The first-order chi connectivity index (χ1) is 15.6. The average Bonchev–Trinajstić information content (AvgIpc) is 2.83. The van der Waals surface area contributed by atoms with Crippen LogP contribution >= 0.6 is 0 Å². The Morgan fingerprint density at radius 3 is 2.53 bits per heavy atom. The van der Waals surface area contributed by atoms with Crippen molar-refractivity contribution in [3.05, 3.63) is 83.1 Å². The Morgan fingerprint density at radius 2 is 1.88 bits per heavy atom. The van der Waals surface area contributed by atoms with Crippen molar-refractivity contribution in [2.24, 2.45) is 0 Å². The molecule has 2 rings (SSSR count). The summed E-state index contributed by atoms with van der Waals surface area (Å²) in [5.41, 5.74) is 3.32. The number of benzene rings is 1. The van der Waals surface area contributed by atoms with Gasteiger partial charge in [-0.3, -0.25) is 14.4 Å². The third kappa shape index (κ3) is 6.60. The molecular formula is C26H28N2O4. The highest BCUT2D eigenvalue weighted by atomic mass is 16.5. The lowest BCUT2D eigenvalue weighted by atomic mass is 10.1. The number of aldehydes is 2. The lowest BCUT2D eigenvalue weighted by Gasteiger charge is -2.11. The summed E-state index contributed by atoms with van der Waals surface area (Å²) in [7, 11) is 0. The molecule has 6 heteroatoms. The van der Waals surface area contributed by atoms with Gasteiger partial charge in [-0.2, -0.15) is 0 Å². The number of aryl methyl sites for hydroxylation is 1. The van der Waals surface area contributed by atoms with Crippen molar-refractivity contribution in [3.8, 4) is 17.0 Å². The molecular weight excluding hydrogens is 404 g/mol. The molecule has 0 aliphatic carbocycles. The van der Waals surface area contributed by atoms with Gasteiger partial charge in [-0.15, -0.1) is 0 Å². The van der Waals surface area contributed by atoms with Crippen LogP contribution in [0.2, 0.25) is 0 Å². The highest BCUT2D eigenvalue weighted by molar-refractivity contribution is 5.95. The van der Waals surface area contributed by atoms with E-state index in [0.717, 1.165) is 23.3 Å². The highest BCUT2D eigenvalue weighted by Gasteiger charge is 2.11. The van der Waals surface area contributed by atoms with E-state index in [2.05, 4.69) is 17.2 Å². The van der Waals surface area contributed by atoms with Crippen LogP contribution in [0.3, 0.4) is 0 Å². The fourth-order valence-corrected chi connectivity index (χ4v) is 3.00. The lowest BCUT2D eigenvalue weighted by Crippen LogP contribution is -2.24. The van der Waals surface area contributed by atoms with Gasteiger partial charge in [0.1, 0.15) is 11.4 Å². The second-order valence-electron chi connectivity index (χ2n) is 6.77. The first kappa shape index (κ1) is 24.5. The van der Waals surface area contributed by atoms with Gasteiger partial charge in [0.15, 0.2) is 12.6 Å². The Bertz CT molecular complexity index is 1050. The van der Waals surface area contributed by atoms with Crippen molar-refractivity contribution in [2.45, 2.75) is 27.2 Å². The molecule has 32 heavy (non-hydrogen) atoms. The summed E-state index contributed by atoms with van der Waals surface area (Å²) < 4.78 is 5.73. The lowest BCUT2D eigenvalue weighted by molar-refractivity contribution is -0.107. The molecule has 1 aromatic heterocycles. The molecule has 1 heterocycles. The third-order valence-corrected chi connectivity index (χ3v) is 4.67. The number of hydrogen-bond acceptors (Lipinski definition) is 5. The summed E-state index contributed by atoms with van der Waals surface area (Å²) >= 11 is 0. The van der Waals surface area contributed by atoms with E-state index in [0.29, 0.717) is 24.9 Å². The van der Waals surface area contributed by atoms with E-state index < -0.39 is 0 Å². The number of carbonyl (C=O) groups is 3. The Balaban J connectivity index is 2.18. The molecule has 0 unspecified atom stereocenters. The third-order valence-electron chi connectivity index (χ3n) is 4.67. The van der Waals surface area contributed by atoms with E-state index in [1.54, 1.807) is 37.3 Å². The summed E-state index contributed by atoms with van der Waals surface area (Å²) in [5.74, 6) is 0.432. The molecule has 1 N–H and O–H groups in total. The minimum absolute atomic E-state index is 0.0829. The fraction of sp³-hybridized carbons (Fsp3) is 0.231. The topological polar surface area (TPSA) is 85.4 Å². The minimum Gasteiger partial charge on any atom is -0.494 e. The van der Waals surface area contributed by atoms with Gasteiger partial charge in [-0.1, -0.05) is 49.4 Å². The number of pyridine rings is 1. The van der Waals surface area contributed by atoms with Gasteiger partial charge in [-0.05, 0) is 44.0 Å². The van der Waals surface area contributed by atoms with Gasteiger partial charge in [0.05, 0.1) is 12.3 Å². The first-order valence-electron chi connectivity index (χ1n) is 10.5. The number of hydrogen-bond donors (Lipinski definition) is 1. The number of rotatable bonds is 11. The monoisotopic (exact) mass is 432 g/mol. The van der Waals surface area contributed by atoms with Crippen LogP contribution in [0.4, 0.5) is 0 Å². The summed E-state index contributed by atoms with van der Waals surface area (Å²) in [5, 5.41) is 2.70. The van der Waals surface area contributed by atoms with Crippen LogP contribution in [0.15, 0.2) is 71.8 Å². The van der Waals surface area contributed by atoms with Gasteiger partial charge < -0.3 is 10.1 Å². The predicted molar refractivity (Wildman–Crippen MR) is 126 cm³/mol. The molecule has 0 saturated carbocycles. The number of allylic oxidation sites excluding steroid dienone is 5. The fourth-order valence-electron chi connectivity index (χ4n) is 3.00. The van der Waals surface area contributed by atoms with Crippen LogP contribution < -0.4 is 10.1 Å². The van der Waals surface area contributed by atoms with Crippen LogP contribution in [-0.4, -0.2) is 36.6 Å². The number of nitrogens with zero attached hydrogens (tertiary/aromatic N) is 1. The standard InChI is InChI=1S/C26H28N2O4/c1-4-7-9-21(17-29)22(18-30)14-15-27-26(31)24-11-8-10-23(28-24)20-13-12-19(5-2)25(16-20)32-6-3/h4,7-14,16-18H,5-6,15H2,1-3H3,(H,27,31)/b7-4-,21-9-,22-14+. The zero-order chi connectivity index (χ0) is 23.3. The van der Waals surface area contributed by atoms with Gasteiger partial charge in [0, 0.05) is 23.3 Å². The molecule has 6 nitrogen and oxygen atoms in total. The zero-order valence-corrected chi connectivity index (χ0v) is 18.6. The molecule has 1 amide bonds. The summed E-state index contributed by atoms with van der Waals surface area (Å²) in [6.45, 7) is 6.46. The smallest absolute Gasteiger partial charge is 0.270 e. The molecule has 1 aromatic carbocycles. The van der Waals surface area contributed by atoms with Crippen LogP contribution in [0.1, 0.15) is 36.8 Å². The molecule has 2 aromatic rings. The summed E-state index contributed by atoms with van der Waals surface area (Å²) in [6, 6.07) is 11.1. The maximum atomic E-state index is 12.6. The Labute approximate surface area is 188 Å². The SMILES string of the molecule is C\C=C/C=C(C=O)\C(C=O)=C\CNC(=O)c1cccc(-c2ccc(CC)c(OCC)c2)n1. The van der Waals surface area contributed by atoms with Gasteiger partial charge >= 0.3 is 0 Å². The predicted octanol–water partition coefficient (Wildman–Crippen LogP) is 4.27. The quantitative estimate of drug-likeness (QED) is 0.326. The number of amides is 1. The normalized spacial score (nSPS) is 12.0. The van der Waals surface area contributed by atoms with Crippen molar-refractivity contribution in [3.63, 3.8) is 0 Å². The van der Waals surface area contributed by atoms with Crippen LogP contribution in [0, 0.1) is 0 Å². The molecule has 0 radical (unpaired) electrons. The molecule has 0 fully saturated rings. The highest BCUT2D eigenvalue weighted by Crippen LogP contribution is 2.27. The van der Waals surface area contributed by atoms with Gasteiger partial charge in [0.2, 0.25) is 0 Å². The minimum atomic E-state index is -0.381. The van der Waals surface area contributed by atoms with Gasteiger partial charge in [0.25, 0.3) is 5.91 Å². The first-order valence-corrected chi connectivity index (χ1v) is 10.5. The van der Waals surface area contributed by atoms with Crippen molar-refractivity contribution in [1.29, 1.82) is 0 Å². The second kappa shape index (κ2) is 12.8. The molecule has 166 valence electrons. The van der Waals surface area contributed by atoms with Crippen LogP contribution in [0.25, 0.3) is 11.3 Å². The van der Waals surface area contributed by atoms with E-state index in [9.17, 15) is 14.4 Å². The van der Waals surface area contributed by atoms with Crippen molar-refractivity contribution in [2.75, 3.05) is 13.2 Å². The summed E-state index contributed by atoms with van der Waals surface area (Å²) in [6.07, 6.45) is 8.50. The van der Waals surface area contributed by atoms with Crippen LogP contribution in [-0.2, 0) is 16.0 Å². The van der Waals surface area contributed by atoms with Crippen LogP contribution in [0.5, 0.6) is 5.75 Å². The Hall–Kier alpha value is -3.80. The Kier molecular flexibility index (Phi) is 9.78.